The van der Waals surface area contributed by atoms with Gasteiger partial charge in [0.25, 0.3) is 11.8 Å². The Bertz CT molecular complexity index is 1220. The molecule has 1 spiro atoms. The van der Waals surface area contributed by atoms with E-state index in [4.69, 9.17) is 23.2 Å². The lowest BCUT2D eigenvalue weighted by Gasteiger charge is -2.44. The first-order valence-electron chi connectivity index (χ1n) is 8.71. The average molecular weight is 428 g/mol. The molecule has 29 heavy (non-hydrogen) atoms. The fourth-order valence-corrected chi connectivity index (χ4v) is 4.26. The summed E-state index contributed by atoms with van der Waals surface area (Å²) in [6, 6.07) is 15.8. The Kier molecular flexibility index (Phi) is 3.84. The number of hydrogen-bond donors (Lipinski definition) is 2. The molecule has 2 aliphatic rings. The zero-order valence-electron chi connectivity index (χ0n) is 14.7. The Hall–Kier alpha value is -3.09. The van der Waals surface area contributed by atoms with Gasteiger partial charge in [0.2, 0.25) is 5.66 Å². The van der Waals surface area contributed by atoms with Crippen molar-refractivity contribution in [2.24, 2.45) is 0 Å². The van der Waals surface area contributed by atoms with Crippen molar-refractivity contribution in [2.45, 2.75) is 5.66 Å². The fourth-order valence-electron chi connectivity index (χ4n) is 3.86. The van der Waals surface area contributed by atoms with E-state index >= 15 is 0 Å². The second-order valence-electron chi connectivity index (χ2n) is 6.74. The summed E-state index contributed by atoms with van der Waals surface area (Å²) >= 11 is 12.3. The van der Waals surface area contributed by atoms with E-state index in [2.05, 4.69) is 10.6 Å². The lowest BCUT2D eigenvalue weighted by atomic mass is 9.92. The molecule has 8 heteroatoms. The number of nitrogens with one attached hydrogen (secondary N) is 2. The smallest absolute Gasteiger partial charge is 0.276 e. The minimum Gasteiger partial charge on any atom is -0.350 e. The van der Waals surface area contributed by atoms with Gasteiger partial charge < -0.3 is 10.6 Å². The third kappa shape index (κ3) is 2.39. The molecule has 144 valence electrons. The number of para-hydroxylation sites is 2. The molecule has 0 fully saturated rings. The highest BCUT2D eigenvalue weighted by atomic mass is 35.5. The molecule has 5 rings (SSSR count). The predicted octanol–water partition coefficient (Wildman–Crippen LogP) is 5.01. The Balaban J connectivity index is 1.83. The van der Waals surface area contributed by atoms with Crippen molar-refractivity contribution in [1.29, 1.82) is 0 Å². The van der Waals surface area contributed by atoms with Crippen molar-refractivity contribution in [2.75, 3.05) is 15.5 Å². The average Bonchev–Trinajstić information content (AvgIpc) is 2.98. The monoisotopic (exact) mass is 427 g/mol. The molecule has 1 atom stereocenters. The molecule has 3 aromatic rings. The van der Waals surface area contributed by atoms with Gasteiger partial charge in [-0.3, -0.25) is 14.5 Å². The molecule has 2 aliphatic heterocycles. The molecule has 0 radical (unpaired) electrons. The van der Waals surface area contributed by atoms with Gasteiger partial charge in [0.1, 0.15) is 5.82 Å². The molecule has 0 unspecified atom stereocenters. The van der Waals surface area contributed by atoms with Gasteiger partial charge in [-0.05, 0) is 36.4 Å². The van der Waals surface area contributed by atoms with E-state index in [1.54, 1.807) is 42.5 Å². The summed E-state index contributed by atoms with van der Waals surface area (Å²) in [4.78, 5) is 28.2. The first kappa shape index (κ1) is 18.0. The van der Waals surface area contributed by atoms with E-state index in [1.807, 2.05) is 0 Å². The predicted molar refractivity (Wildman–Crippen MR) is 110 cm³/mol. The van der Waals surface area contributed by atoms with Crippen LogP contribution in [0, 0.1) is 5.82 Å². The van der Waals surface area contributed by atoms with Crippen LogP contribution >= 0.6 is 23.2 Å². The Labute approximate surface area is 175 Å². The molecule has 0 aliphatic carbocycles. The third-order valence-corrected chi connectivity index (χ3v) is 5.75. The minimum atomic E-state index is -1.60. The molecule has 2 N–H and O–H groups in total. The number of halogens is 3. The molecule has 0 bridgehead atoms. The van der Waals surface area contributed by atoms with Crippen LogP contribution in [0.2, 0.25) is 10.0 Å². The number of anilines is 3. The highest BCUT2D eigenvalue weighted by molar-refractivity contribution is 6.35. The number of rotatable bonds is 1. The summed E-state index contributed by atoms with van der Waals surface area (Å²) in [7, 11) is 0. The van der Waals surface area contributed by atoms with Gasteiger partial charge in [0.05, 0.1) is 21.3 Å². The normalized spacial score (nSPS) is 19.6. The third-order valence-electron chi connectivity index (χ3n) is 5.14. The molecule has 0 saturated heterocycles. The molecule has 2 amide bonds. The van der Waals surface area contributed by atoms with Crippen molar-refractivity contribution in [3.05, 3.63) is 87.7 Å². The molecule has 3 aromatic carbocycles. The van der Waals surface area contributed by atoms with Crippen molar-refractivity contribution in [3.8, 4) is 0 Å². The van der Waals surface area contributed by atoms with Crippen LogP contribution in [0.4, 0.5) is 21.5 Å². The quantitative estimate of drug-likeness (QED) is 0.573. The highest BCUT2D eigenvalue weighted by Crippen LogP contribution is 2.49. The topological polar surface area (TPSA) is 61.4 Å². The Morgan fingerprint density at radius 2 is 1.72 bits per heavy atom. The van der Waals surface area contributed by atoms with Crippen LogP contribution in [0.3, 0.4) is 0 Å². The van der Waals surface area contributed by atoms with Crippen molar-refractivity contribution in [3.63, 3.8) is 0 Å². The van der Waals surface area contributed by atoms with Crippen LogP contribution < -0.4 is 15.5 Å². The van der Waals surface area contributed by atoms with Crippen molar-refractivity contribution >= 4 is 52.1 Å². The summed E-state index contributed by atoms with van der Waals surface area (Å²) < 4.78 is 13.8. The Morgan fingerprint density at radius 1 is 0.931 bits per heavy atom. The summed E-state index contributed by atoms with van der Waals surface area (Å²) in [6.45, 7) is 0. The van der Waals surface area contributed by atoms with E-state index in [9.17, 15) is 14.0 Å². The van der Waals surface area contributed by atoms with Crippen molar-refractivity contribution in [1.82, 2.24) is 0 Å². The minimum absolute atomic E-state index is 0.158. The van der Waals surface area contributed by atoms with E-state index < -0.39 is 23.3 Å². The second-order valence-corrected chi connectivity index (χ2v) is 7.55. The molecular formula is C21H12Cl2FN3O2. The van der Waals surface area contributed by atoms with Crippen LogP contribution in [0.1, 0.15) is 15.9 Å². The zero-order chi connectivity index (χ0) is 20.3. The number of benzene rings is 3. The van der Waals surface area contributed by atoms with Crippen LogP contribution in [0.25, 0.3) is 0 Å². The first-order chi connectivity index (χ1) is 13.9. The zero-order valence-corrected chi connectivity index (χ0v) is 16.2. The highest BCUT2D eigenvalue weighted by Gasteiger charge is 2.57. The number of amides is 2. The second kappa shape index (κ2) is 6.20. The van der Waals surface area contributed by atoms with Gasteiger partial charge >= 0.3 is 0 Å². The summed E-state index contributed by atoms with van der Waals surface area (Å²) in [5.41, 5.74) is 0.445. The van der Waals surface area contributed by atoms with Gasteiger partial charge in [-0.15, -0.1) is 0 Å². The molecule has 0 aromatic heterocycles. The lowest BCUT2D eigenvalue weighted by molar-refractivity contribution is -0.119. The number of carbonyl (C=O) groups is 2. The number of fused-ring (bicyclic) bond motifs is 3. The van der Waals surface area contributed by atoms with Gasteiger partial charge in [0.15, 0.2) is 0 Å². The van der Waals surface area contributed by atoms with Crippen molar-refractivity contribution < 1.29 is 14.0 Å². The van der Waals surface area contributed by atoms with Crippen LogP contribution in [-0.2, 0) is 10.5 Å². The van der Waals surface area contributed by atoms with Crippen LogP contribution in [0.15, 0.2) is 60.7 Å². The largest absolute Gasteiger partial charge is 0.350 e. The van der Waals surface area contributed by atoms with E-state index in [0.717, 1.165) is 6.07 Å². The summed E-state index contributed by atoms with van der Waals surface area (Å²) in [5, 5.41) is 6.17. The number of hydrogen-bond acceptors (Lipinski definition) is 3. The molecular weight excluding hydrogens is 416 g/mol. The lowest BCUT2D eigenvalue weighted by Crippen LogP contribution is -2.61. The standard InChI is InChI=1S/C21H12Cl2FN3O2/c22-14-6-3-5-13-18(14)25-20(29)21(13)26-17-7-2-1-4-12(17)19(28)27(21)11-8-9-16(24)15(23)10-11/h1-10,26H,(H,25,29)/t21-/m0/s1. The number of nitrogens with zero attached hydrogens (tertiary/aromatic N) is 1. The summed E-state index contributed by atoms with van der Waals surface area (Å²) in [6.07, 6.45) is 0. The van der Waals surface area contributed by atoms with Gasteiger partial charge in [-0.1, -0.05) is 47.5 Å². The fraction of sp³-hybridized carbons (Fsp3) is 0.0476. The Morgan fingerprint density at radius 3 is 2.52 bits per heavy atom. The number of carbonyl (C=O) groups excluding carboxylic acids is 2. The first-order valence-corrected chi connectivity index (χ1v) is 9.46. The SMILES string of the molecule is O=C1c2ccccc2N[C@]2(C(=O)Nc3c(Cl)cccc32)N1c1ccc(F)c(Cl)c1. The van der Waals surface area contributed by atoms with E-state index in [-0.39, 0.29) is 10.7 Å². The maximum atomic E-state index is 13.8. The molecule has 5 nitrogen and oxygen atoms in total. The summed E-state index contributed by atoms with van der Waals surface area (Å²) in [5.74, 6) is -1.53. The van der Waals surface area contributed by atoms with Crippen LogP contribution in [-0.4, -0.2) is 11.8 Å². The van der Waals surface area contributed by atoms with E-state index in [0.29, 0.717) is 27.5 Å². The van der Waals surface area contributed by atoms with Gasteiger partial charge in [-0.2, -0.15) is 0 Å². The molecule has 0 saturated carbocycles. The molecule has 2 heterocycles. The maximum Gasteiger partial charge on any atom is 0.276 e. The van der Waals surface area contributed by atoms with Gasteiger partial charge in [0, 0.05) is 16.9 Å². The van der Waals surface area contributed by atoms with E-state index in [1.165, 1.54) is 17.0 Å². The van der Waals surface area contributed by atoms with Gasteiger partial charge in [-0.25, -0.2) is 4.39 Å². The van der Waals surface area contributed by atoms with Crippen LogP contribution in [0.5, 0.6) is 0 Å². The maximum absolute atomic E-state index is 13.8.